The van der Waals surface area contributed by atoms with Crippen molar-refractivity contribution in [3.8, 4) is 5.75 Å². The molecule has 0 aromatic heterocycles. The Balaban J connectivity index is 1.91. The fraction of sp³-hybridized carbons (Fsp3) is 0.500. The van der Waals surface area contributed by atoms with E-state index >= 15 is 0 Å². The highest BCUT2D eigenvalue weighted by Crippen LogP contribution is 2.33. The van der Waals surface area contributed by atoms with Gasteiger partial charge in [0.2, 0.25) is 0 Å². The van der Waals surface area contributed by atoms with Crippen LogP contribution in [0, 0.1) is 5.92 Å². The van der Waals surface area contributed by atoms with Gasteiger partial charge in [0.15, 0.2) is 0 Å². The summed E-state index contributed by atoms with van der Waals surface area (Å²) in [6.45, 7) is 0.646. The zero-order valence-electron chi connectivity index (χ0n) is 9.20. The minimum atomic E-state index is -4.29. The number of nitrogens with two attached hydrogens (primary N) is 1. The summed E-state index contributed by atoms with van der Waals surface area (Å²) < 4.78 is 42.4. The largest absolute Gasteiger partial charge is 0.490 e. The van der Waals surface area contributed by atoms with Crippen LogP contribution in [0.15, 0.2) is 24.3 Å². The Labute approximate surface area is 97.6 Å². The van der Waals surface area contributed by atoms with Gasteiger partial charge in [-0.15, -0.1) is 0 Å². The standard InChI is InChI=1S/C12H14F3NO/c13-12(14,15)9-1-3-10(4-2-9)17-11-5-8(6-11)7-16/h1-4,8,11H,5-7,16H2/t8-,11-. The molecule has 1 aromatic rings. The van der Waals surface area contributed by atoms with Crippen molar-refractivity contribution in [2.24, 2.45) is 11.7 Å². The van der Waals surface area contributed by atoms with E-state index in [-0.39, 0.29) is 6.10 Å². The molecule has 1 fully saturated rings. The molecule has 0 amide bonds. The lowest BCUT2D eigenvalue weighted by Crippen LogP contribution is -2.37. The molecule has 0 unspecified atom stereocenters. The van der Waals surface area contributed by atoms with Crippen molar-refractivity contribution in [3.05, 3.63) is 29.8 Å². The fourth-order valence-electron chi connectivity index (χ4n) is 1.88. The van der Waals surface area contributed by atoms with Crippen LogP contribution in [0.4, 0.5) is 13.2 Å². The number of benzene rings is 1. The third kappa shape index (κ3) is 2.91. The third-order valence-corrected chi connectivity index (χ3v) is 3.01. The molecule has 0 saturated heterocycles. The number of rotatable bonds is 3. The summed E-state index contributed by atoms with van der Waals surface area (Å²) in [4.78, 5) is 0. The normalized spacial score (nSPS) is 24.2. The quantitative estimate of drug-likeness (QED) is 0.888. The average Bonchev–Trinajstić information content (AvgIpc) is 2.22. The molecule has 2 rings (SSSR count). The Kier molecular flexibility index (Phi) is 3.28. The highest BCUT2D eigenvalue weighted by Gasteiger charge is 2.31. The summed E-state index contributed by atoms with van der Waals surface area (Å²) in [5.41, 5.74) is 4.82. The molecule has 0 spiro atoms. The molecule has 0 heterocycles. The maximum Gasteiger partial charge on any atom is 0.416 e. The highest BCUT2D eigenvalue weighted by molar-refractivity contribution is 5.29. The molecule has 5 heteroatoms. The van der Waals surface area contributed by atoms with Gasteiger partial charge < -0.3 is 10.5 Å². The van der Waals surface area contributed by atoms with Gasteiger partial charge in [-0.05, 0) is 49.6 Å². The second kappa shape index (κ2) is 4.56. The molecule has 1 saturated carbocycles. The molecule has 0 aliphatic heterocycles. The van der Waals surface area contributed by atoms with Crippen molar-refractivity contribution in [2.75, 3.05) is 6.54 Å². The van der Waals surface area contributed by atoms with E-state index in [0.29, 0.717) is 18.2 Å². The summed E-state index contributed by atoms with van der Waals surface area (Å²) in [6, 6.07) is 4.79. The summed E-state index contributed by atoms with van der Waals surface area (Å²) in [7, 11) is 0. The van der Waals surface area contributed by atoms with E-state index in [0.717, 1.165) is 25.0 Å². The van der Waals surface area contributed by atoms with Gasteiger partial charge in [0.05, 0.1) is 11.7 Å². The van der Waals surface area contributed by atoms with Gasteiger partial charge in [-0.3, -0.25) is 0 Å². The van der Waals surface area contributed by atoms with E-state index in [9.17, 15) is 13.2 Å². The first-order valence-electron chi connectivity index (χ1n) is 5.53. The van der Waals surface area contributed by atoms with Crippen molar-refractivity contribution >= 4 is 0 Å². The number of alkyl halides is 3. The first-order chi connectivity index (χ1) is 7.99. The van der Waals surface area contributed by atoms with Gasteiger partial charge in [0.25, 0.3) is 0 Å². The Bertz CT molecular complexity index is 368. The Morgan fingerprint density at radius 1 is 1.18 bits per heavy atom. The zero-order chi connectivity index (χ0) is 12.5. The van der Waals surface area contributed by atoms with E-state index < -0.39 is 11.7 Å². The molecule has 1 aromatic carbocycles. The van der Waals surface area contributed by atoms with Crippen molar-refractivity contribution in [1.29, 1.82) is 0 Å². The maximum atomic E-state index is 12.3. The number of halogens is 3. The summed E-state index contributed by atoms with van der Waals surface area (Å²) in [5, 5.41) is 0. The second-order valence-electron chi connectivity index (χ2n) is 4.34. The van der Waals surface area contributed by atoms with Gasteiger partial charge >= 0.3 is 6.18 Å². The van der Waals surface area contributed by atoms with E-state index in [2.05, 4.69) is 0 Å². The van der Waals surface area contributed by atoms with E-state index in [1.807, 2.05) is 0 Å². The van der Waals surface area contributed by atoms with E-state index in [4.69, 9.17) is 10.5 Å². The lowest BCUT2D eigenvalue weighted by atomic mass is 9.82. The van der Waals surface area contributed by atoms with Gasteiger partial charge in [0, 0.05) is 0 Å². The summed E-state index contributed by atoms with van der Waals surface area (Å²) in [5.74, 6) is 0.980. The van der Waals surface area contributed by atoms with Gasteiger partial charge in [-0.25, -0.2) is 0 Å². The Morgan fingerprint density at radius 2 is 1.76 bits per heavy atom. The second-order valence-corrected chi connectivity index (χ2v) is 4.34. The first-order valence-corrected chi connectivity index (χ1v) is 5.53. The van der Waals surface area contributed by atoms with Gasteiger partial charge in [-0.1, -0.05) is 0 Å². The minimum Gasteiger partial charge on any atom is -0.490 e. The lowest BCUT2D eigenvalue weighted by molar-refractivity contribution is -0.137. The van der Waals surface area contributed by atoms with Crippen molar-refractivity contribution < 1.29 is 17.9 Å². The molecule has 17 heavy (non-hydrogen) atoms. The summed E-state index contributed by atoms with van der Waals surface area (Å²) >= 11 is 0. The van der Waals surface area contributed by atoms with Crippen LogP contribution < -0.4 is 10.5 Å². The number of hydrogen-bond donors (Lipinski definition) is 1. The van der Waals surface area contributed by atoms with Crippen molar-refractivity contribution in [1.82, 2.24) is 0 Å². The van der Waals surface area contributed by atoms with Crippen LogP contribution in [-0.4, -0.2) is 12.6 Å². The van der Waals surface area contributed by atoms with Crippen LogP contribution in [0.2, 0.25) is 0 Å². The van der Waals surface area contributed by atoms with E-state index in [1.165, 1.54) is 12.1 Å². The molecular weight excluding hydrogens is 231 g/mol. The Hall–Kier alpha value is -1.23. The van der Waals surface area contributed by atoms with Crippen LogP contribution in [-0.2, 0) is 6.18 Å². The van der Waals surface area contributed by atoms with Crippen molar-refractivity contribution in [3.63, 3.8) is 0 Å². The molecule has 1 aliphatic carbocycles. The van der Waals surface area contributed by atoms with Crippen LogP contribution in [0.3, 0.4) is 0 Å². The SMILES string of the molecule is NC[C@H]1C[C@H](Oc2ccc(C(F)(F)F)cc2)C1. The maximum absolute atomic E-state index is 12.3. The highest BCUT2D eigenvalue weighted by atomic mass is 19.4. The van der Waals surface area contributed by atoms with Gasteiger partial charge in [-0.2, -0.15) is 13.2 Å². The molecule has 1 aliphatic rings. The molecule has 2 N–H and O–H groups in total. The van der Waals surface area contributed by atoms with E-state index in [1.54, 1.807) is 0 Å². The van der Waals surface area contributed by atoms with Crippen LogP contribution >= 0.6 is 0 Å². The lowest BCUT2D eigenvalue weighted by Gasteiger charge is -2.34. The third-order valence-electron chi connectivity index (χ3n) is 3.01. The molecule has 0 bridgehead atoms. The Morgan fingerprint density at radius 3 is 2.24 bits per heavy atom. The molecule has 0 radical (unpaired) electrons. The average molecular weight is 245 g/mol. The minimum absolute atomic E-state index is 0.0975. The van der Waals surface area contributed by atoms with Crippen LogP contribution in [0.5, 0.6) is 5.75 Å². The monoisotopic (exact) mass is 245 g/mol. The topological polar surface area (TPSA) is 35.2 Å². The predicted octanol–water partition coefficient (Wildman–Crippen LogP) is 2.82. The summed E-state index contributed by atoms with van der Waals surface area (Å²) in [6.07, 6.45) is -2.42. The van der Waals surface area contributed by atoms with Crippen molar-refractivity contribution in [2.45, 2.75) is 25.1 Å². The fourth-order valence-corrected chi connectivity index (χ4v) is 1.88. The molecule has 2 nitrogen and oxygen atoms in total. The number of ether oxygens (including phenoxy) is 1. The van der Waals surface area contributed by atoms with Crippen LogP contribution in [0.25, 0.3) is 0 Å². The zero-order valence-corrected chi connectivity index (χ0v) is 9.20. The molecule has 0 atom stereocenters. The predicted molar refractivity (Wildman–Crippen MR) is 57.6 cm³/mol. The first kappa shape index (κ1) is 12.2. The molecule has 94 valence electrons. The number of hydrogen-bond acceptors (Lipinski definition) is 2. The van der Waals surface area contributed by atoms with Crippen LogP contribution in [0.1, 0.15) is 18.4 Å². The smallest absolute Gasteiger partial charge is 0.416 e. The van der Waals surface area contributed by atoms with Gasteiger partial charge in [0.1, 0.15) is 5.75 Å². The molecular formula is C12H14F3NO.